The topological polar surface area (TPSA) is 48.0 Å². The summed E-state index contributed by atoms with van der Waals surface area (Å²) in [4.78, 5) is 14.2. The van der Waals surface area contributed by atoms with Crippen LogP contribution in [0.15, 0.2) is 140 Å². The third-order valence-corrected chi connectivity index (χ3v) is 9.15. The van der Waals surface area contributed by atoms with Crippen molar-refractivity contribution >= 4 is 27.3 Å². The number of para-hydroxylation sites is 1. The molecule has 5 nitrogen and oxygen atoms in total. The summed E-state index contributed by atoms with van der Waals surface area (Å²) in [5.41, 5.74) is 13.4. The van der Waals surface area contributed by atoms with E-state index in [1.54, 1.807) is 0 Å². The van der Waals surface area contributed by atoms with Gasteiger partial charge in [-0.15, -0.1) is 53.6 Å². The molecule has 251 valence electrons. The van der Waals surface area contributed by atoms with Gasteiger partial charge in [-0.05, 0) is 55.5 Å². The second-order valence-electron chi connectivity index (χ2n) is 12.7. The average Bonchev–Trinajstić information content (AvgIpc) is 3.82. The molecule has 4 aromatic heterocycles. The minimum atomic E-state index is 0. The number of nitrogens with zero attached hydrogens (tertiary/aromatic N) is 5. The molecule has 6 heteroatoms. The Labute approximate surface area is 311 Å². The summed E-state index contributed by atoms with van der Waals surface area (Å²) in [5, 5.41) is 3.35. The number of rotatable bonds is 4. The molecule has 0 aliphatic heterocycles. The molecule has 0 aliphatic carbocycles. The first-order chi connectivity index (χ1) is 24.5. The Morgan fingerprint density at radius 2 is 1.41 bits per heavy atom. The Morgan fingerprint density at radius 3 is 2.16 bits per heavy atom. The molecule has 51 heavy (non-hydrogen) atoms. The van der Waals surface area contributed by atoms with Crippen molar-refractivity contribution in [3.8, 4) is 39.6 Å². The Bertz CT molecular complexity index is 2600. The van der Waals surface area contributed by atoms with E-state index in [2.05, 4.69) is 126 Å². The first kappa shape index (κ1) is 33.8. The molecule has 4 heterocycles. The van der Waals surface area contributed by atoms with E-state index in [1.165, 1.54) is 27.8 Å². The zero-order valence-electron chi connectivity index (χ0n) is 28.8. The molecule has 0 amide bonds. The third kappa shape index (κ3) is 6.29. The van der Waals surface area contributed by atoms with Crippen LogP contribution in [0.5, 0.6) is 0 Å². The summed E-state index contributed by atoms with van der Waals surface area (Å²) >= 11 is 0. The molecule has 0 atom stereocenters. The zero-order valence-corrected chi connectivity index (χ0v) is 31.2. The van der Waals surface area contributed by atoms with E-state index in [-0.39, 0.29) is 20.1 Å². The smallest absolute Gasteiger partial charge is 0.0771 e. The van der Waals surface area contributed by atoms with E-state index in [0.29, 0.717) is 0 Å². The molecular formula is C45H35IrN5-2. The van der Waals surface area contributed by atoms with Crippen LogP contribution in [0.25, 0.3) is 66.9 Å². The van der Waals surface area contributed by atoms with E-state index in [0.717, 1.165) is 61.4 Å². The van der Waals surface area contributed by atoms with Crippen LogP contribution in [-0.4, -0.2) is 23.9 Å². The van der Waals surface area contributed by atoms with Crippen molar-refractivity contribution < 1.29 is 20.1 Å². The van der Waals surface area contributed by atoms with Crippen molar-refractivity contribution in [2.45, 2.75) is 27.7 Å². The first-order valence-corrected chi connectivity index (χ1v) is 16.8. The Hall–Kier alpha value is -5.68. The van der Waals surface area contributed by atoms with E-state index >= 15 is 0 Å². The average molecular weight is 838 g/mol. The second kappa shape index (κ2) is 14.3. The summed E-state index contributed by atoms with van der Waals surface area (Å²) < 4.78 is 4.34. The number of fused-ring (bicyclic) bond motifs is 6. The molecule has 1 radical (unpaired) electrons. The van der Waals surface area contributed by atoms with Crippen LogP contribution >= 0.6 is 0 Å². The molecule has 0 saturated heterocycles. The largest absolute Gasteiger partial charge is 0.340 e. The van der Waals surface area contributed by atoms with Crippen molar-refractivity contribution in [1.29, 1.82) is 0 Å². The fourth-order valence-corrected chi connectivity index (χ4v) is 7.08. The van der Waals surface area contributed by atoms with Crippen LogP contribution in [0.3, 0.4) is 0 Å². The molecule has 0 unspecified atom stereocenters. The van der Waals surface area contributed by atoms with Crippen molar-refractivity contribution in [3.63, 3.8) is 0 Å². The summed E-state index contributed by atoms with van der Waals surface area (Å²) in [7, 11) is 0. The number of aryl methyl sites for hydroxylation is 4. The van der Waals surface area contributed by atoms with Gasteiger partial charge in [-0.1, -0.05) is 95.6 Å². The Kier molecular flexibility index (Phi) is 9.46. The quantitative estimate of drug-likeness (QED) is 0.131. The van der Waals surface area contributed by atoms with E-state index in [9.17, 15) is 0 Å². The van der Waals surface area contributed by atoms with Crippen LogP contribution in [0.4, 0.5) is 0 Å². The number of benzene rings is 5. The van der Waals surface area contributed by atoms with Gasteiger partial charge in [0.25, 0.3) is 0 Å². The van der Waals surface area contributed by atoms with Crippen LogP contribution in [0.1, 0.15) is 22.3 Å². The molecule has 9 aromatic rings. The first-order valence-electron chi connectivity index (χ1n) is 16.8. The summed E-state index contributed by atoms with van der Waals surface area (Å²) in [6, 6.07) is 46.1. The molecule has 0 N–H and O–H groups in total. The normalized spacial score (nSPS) is 11.0. The second-order valence-corrected chi connectivity index (χ2v) is 12.7. The fraction of sp³-hybridized carbons (Fsp3) is 0.0889. The molecule has 5 aromatic carbocycles. The van der Waals surface area contributed by atoms with Gasteiger partial charge < -0.3 is 8.97 Å². The number of pyridine rings is 2. The minimum Gasteiger partial charge on any atom is -0.340 e. The fourth-order valence-electron chi connectivity index (χ4n) is 7.08. The van der Waals surface area contributed by atoms with Gasteiger partial charge in [0.15, 0.2) is 0 Å². The molecule has 0 spiro atoms. The molecule has 0 bridgehead atoms. The maximum Gasteiger partial charge on any atom is 0.0771 e. The standard InChI is InChI=1S/C27H18N3.C18H17N2.Ir/c1-18-14-15-21-26(25(18)22-12-7-8-16-28-22)20-11-5-6-13-24(20)30-17-23(29-27(21)30)19-9-3-2-4-10-19;1-13-11-14(2)17(15(3)12-13)20-10-9-19-18(20)16-7-5-4-6-8-16;/h2-14,16-17H,1H3;4-7,9-12H,1-3H3;/q2*-1;. The zero-order chi connectivity index (χ0) is 34.2. The molecule has 0 saturated carbocycles. The summed E-state index contributed by atoms with van der Waals surface area (Å²) in [6.07, 6.45) is 7.83. The van der Waals surface area contributed by atoms with Gasteiger partial charge in [-0.25, -0.2) is 0 Å². The van der Waals surface area contributed by atoms with Crippen molar-refractivity contribution in [3.05, 3.63) is 174 Å². The van der Waals surface area contributed by atoms with Crippen LogP contribution in [0, 0.1) is 39.8 Å². The van der Waals surface area contributed by atoms with Gasteiger partial charge in [-0.2, -0.15) is 0 Å². The molecule has 0 fully saturated rings. The van der Waals surface area contributed by atoms with Gasteiger partial charge in [0, 0.05) is 61.7 Å². The third-order valence-electron chi connectivity index (χ3n) is 9.15. The van der Waals surface area contributed by atoms with Crippen LogP contribution < -0.4 is 0 Å². The predicted octanol–water partition coefficient (Wildman–Crippen LogP) is 10.7. The minimum absolute atomic E-state index is 0. The van der Waals surface area contributed by atoms with Crippen molar-refractivity contribution in [2.24, 2.45) is 0 Å². The van der Waals surface area contributed by atoms with Crippen molar-refractivity contribution in [2.75, 3.05) is 0 Å². The maximum absolute atomic E-state index is 5.04. The monoisotopic (exact) mass is 838 g/mol. The number of imidazole rings is 2. The maximum atomic E-state index is 5.04. The van der Waals surface area contributed by atoms with Crippen molar-refractivity contribution in [1.82, 2.24) is 23.9 Å². The van der Waals surface area contributed by atoms with E-state index in [1.807, 2.05) is 73.2 Å². The van der Waals surface area contributed by atoms with E-state index < -0.39 is 0 Å². The van der Waals surface area contributed by atoms with Gasteiger partial charge in [0.2, 0.25) is 0 Å². The number of aromatic nitrogens is 5. The Morgan fingerprint density at radius 1 is 0.667 bits per heavy atom. The summed E-state index contributed by atoms with van der Waals surface area (Å²) in [6.45, 7) is 8.55. The predicted molar refractivity (Wildman–Crippen MR) is 204 cm³/mol. The van der Waals surface area contributed by atoms with E-state index in [4.69, 9.17) is 4.98 Å². The number of hydrogen-bond acceptors (Lipinski definition) is 3. The molecule has 9 rings (SSSR count). The Balaban J connectivity index is 0.000000169. The molecular weight excluding hydrogens is 803 g/mol. The van der Waals surface area contributed by atoms with Crippen LogP contribution in [0.2, 0.25) is 0 Å². The number of hydrogen-bond donors (Lipinski definition) is 0. The van der Waals surface area contributed by atoms with Crippen LogP contribution in [-0.2, 0) is 20.1 Å². The van der Waals surface area contributed by atoms with Gasteiger partial charge in [0.1, 0.15) is 0 Å². The van der Waals surface area contributed by atoms with Gasteiger partial charge in [0.05, 0.1) is 22.9 Å². The SMILES string of the molecule is Cc1c[c-]c2c(c1-c1ccccn1)c1ccccc1n1cc(-c3ccccc3)nc21.Cc1cc(C)c(-n2ccnc2-c2[c-]cccc2)c(C)c1.[Ir]. The molecule has 0 aliphatic rings. The van der Waals surface area contributed by atoms with Gasteiger partial charge >= 0.3 is 0 Å². The van der Waals surface area contributed by atoms with Gasteiger partial charge in [-0.3, -0.25) is 15.0 Å². The summed E-state index contributed by atoms with van der Waals surface area (Å²) in [5.74, 6) is 0.931.